The Morgan fingerprint density at radius 1 is 1.47 bits per heavy atom. The Balaban J connectivity index is 3.14. The third-order valence-electron chi connectivity index (χ3n) is 2.03. The molecule has 0 amide bonds. The lowest BCUT2D eigenvalue weighted by molar-refractivity contribution is -0.275. The number of methoxy groups -OCH3 is 1. The predicted molar refractivity (Wildman–Crippen MR) is 59.2 cm³/mol. The molecule has 1 aromatic heterocycles. The van der Waals surface area contributed by atoms with E-state index in [9.17, 15) is 22.4 Å². The van der Waals surface area contributed by atoms with Crippen LogP contribution in [0.2, 0.25) is 0 Å². The summed E-state index contributed by atoms with van der Waals surface area (Å²) in [6.45, 7) is 0. The highest BCUT2D eigenvalue weighted by Gasteiger charge is 2.33. The van der Waals surface area contributed by atoms with E-state index in [-0.39, 0.29) is 23.0 Å². The van der Waals surface area contributed by atoms with E-state index in [1.807, 2.05) is 0 Å². The summed E-state index contributed by atoms with van der Waals surface area (Å²) < 4.78 is 57.3. The van der Waals surface area contributed by atoms with Crippen molar-refractivity contribution in [3.05, 3.63) is 23.3 Å². The maximum Gasteiger partial charge on any atom is 0.573 e. The van der Waals surface area contributed by atoms with Crippen molar-refractivity contribution in [1.82, 2.24) is 4.98 Å². The van der Waals surface area contributed by atoms with E-state index < -0.39 is 24.0 Å². The molecule has 1 aromatic rings. The van der Waals surface area contributed by atoms with Crippen molar-refractivity contribution in [3.63, 3.8) is 0 Å². The number of nitrogens with zero attached hydrogens (tertiary/aromatic N) is 1. The number of alkyl halides is 4. The minimum Gasteiger partial charge on any atom is -0.469 e. The normalized spacial score (nSPS) is 11.3. The molecule has 1 heterocycles. The Bertz CT molecular complexity index is 479. The topological polar surface area (TPSA) is 48.4 Å². The third-order valence-corrected chi connectivity index (χ3v) is 2.56. The maximum atomic E-state index is 13.3. The molecule has 4 nitrogen and oxygen atoms in total. The Kier molecular flexibility index (Phi) is 5.10. The van der Waals surface area contributed by atoms with Gasteiger partial charge in [0.1, 0.15) is 0 Å². The van der Waals surface area contributed by atoms with E-state index in [0.29, 0.717) is 0 Å². The zero-order valence-electron chi connectivity index (χ0n) is 9.55. The van der Waals surface area contributed by atoms with Crippen molar-refractivity contribution in [3.8, 4) is 5.75 Å². The smallest absolute Gasteiger partial charge is 0.469 e. The molecule has 0 fully saturated rings. The van der Waals surface area contributed by atoms with Gasteiger partial charge in [0.05, 0.1) is 19.2 Å². The number of pyridine rings is 1. The predicted octanol–water partition coefficient (Wildman–Crippen LogP) is 2.73. The summed E-state index contributed by atoms with van der Waals surface area (Å²) in [4.78, 5) is 14.4. The largest absolute Gasteiger partial charge is 0.573 e. The van der Waals surface area contributed by atoms with Gasteiger partial charge in [-0.15, -0.1) is 13.2 Å². The lowest BCUT2D eigenvalue weighted by atomic mass is 10.1. The van der Waals surface area contributed by atoms with Crippen molar-refractivity contribution in [2.45, 2.75) is 18.1 Å². The molecule has 0 aliphatic carbocycles. The second-order valence-corrected chi connectivity index (χ2v) is 3.88. The SMILES string of the molecule is COC(=O)Cc1cc(OC(F)(F)F)c(F)nc1CBr. The van der Waals surface area contributed by atoms with Gasteiger partial charge in [0, 0.05) is 5.33 Å². The number of aromatic nitrogens is 1. The molecule has 0 atom stereocenters. The van der Waals surface area contributed by atoms with E-state index in [0.717, 1.165) is 13.2 Å². The van der Waals surface area contributed by atoms with Crippen LogP contribution in [0.4, 0.5) is 17.6 Å². The van der Waals surface area contributed by atoms with Crippen molar-refractivity contribution in [2.75, 3.05) is 7.11 Å². The van der Waals surface area contributed by atoms with Gasteiger partial charge in [-0.2, -0.15) is 4.39 Å². The van der Waals surface area contributed by atoms with Gasteiger partial charge in [-0.25, -0.2) is 4.98 Å². The van der Waals surface area contributed by atoms with Gasteiger partial charge >= 0.3 is 12.3 Å². The Hall–Kier alpha value is -1.38. The Labute approximate surface area is 113 Å². The van der Waals surface area contributed by atoms with Crippen LogP contribution >= 0.6 is 15.9 Å². The van der Waals surface area contributed by atoms with Crippen LogP contribution in [-0.4, -0.2) is 24.4 Å². The van der Waals surface area contributed by atoms with Crippen LogP contribution in [0, 0.1) is 5.95 Å². The van der Waals surface area contributed by atoms with Crippen LogP contribution in [0.1, 0.15) is 11.3 Å². The average molecular weight is 346 g/mol. The summed E-state index contributed by atoms with van der Waals surface area (Å²) in [7, 11) is 1.13. The highest BCUT2D eigenvalue weighted by Crippen LogP contribution is 2.27. The second kappa shape index (κ2) is 6.18. The lowest BCUT2D eigenvalue weighted by Crippen LogP contribution is -2.19. The van der Waals surface area contributed by atoms with E-state index in [2.05, 4.69) is 30.4 Å². The van der Waals surface area contributed by atoms with Crippen LogP contribution in [0.3, 0.4) is 0 Å². The van der Waals surface area contributed by atoms with Crippen LogP contribution in [0.25, 0.3) is 0 Å². The van der Waals surface area contributed by atoms with E-state index in [1.165, 1.54) is 0 Å². The van der Waals surface area contributed by atoms with Gasteiger partial charge < -0.3 is 9.47 Å². The maximum absolute atomic E-state index is 13.3. The molecule has 0 radical (unpaired) electrons. The van der Waals surface area contributed by atoms with Gasteiger partial charge in [-0.3, -0.25) is 4.79 Å². The molecule has 0 aromatic carbocycles. The minimum absolute atomic E-state index is 0.0720. The number of hydrogen-bond acceptors (Lipinski definition) is 4. The minimum atomic E-state index is -5.04. The molecular formula is C10H8BrF4NO3. The molecule has 19 heavy (non-hydrogen) atoms. The first-order valence-electron chi connectivity index (χ1n) is 4.83. The molecule has 0 saturated heterocycles. The summed E-state index contributed by atoms with van der Waals surface area (Å²) in [6.07, 6.45) is -5.38. The van der Waals surface area contributed by atoms with Crippen molar-refractivity contribution in [1.29, 1.82) is 0 Å². The van der Waals surface area contributed by atoms with Crippen LogP contribution in [-0.2, 0) is 21.3 Å². The summed E-state index contributed by atoms with van der Waals surface area (Å²) in [5.74, 6) is -3.18. The Morgan fingerprint density at radius 2 is 2.11 bits per heavy atom. The molecule has 0 aliphatic rings. The summed E-state index contributed by atoms with van der Waals surface area (Å²) in [5.41, 5.74) is 0.182. The zero-order valence-corrected chi connectivity index (χ0v) is 11.1. The van der Waals surface area contributed by atoms with E-state index in [1.54, 1.807) is 0 Å². The lowest BCUT2D eigenvalue weighted by Gasteiger charge is -2.12. The first-order valence-corrected chi connectivity index (χ1v) is 5.95. The number of carbonyl (C=O) groups excluding carboxylic acids is 1. The highest BCUT2D eigenvalue weighted by atomic mass is 79.9. The van der Waals surface area contributed by atoms with E-state index in [4.69, 9.17) is 0 Å². The number of rotatable bonds is 4. The fourth-order valence-electron chi connectivity index (χ4n) is 1.24. The number of carbonyl (C=O) groups is 1. The molecule has 9 heteroatoms. The van der Waals surface area contributed by atoms with Crippen molar-refractivity contribution in [2.24, 2.45) is 0 Å². The molecule has 1 rings (SSSR count). The third kappa shape index (κ3) is 4.66. The van der Waals surface area contributed by atoms with Crippen molar-refractivity contribution < 1.29 is 31.8 Å². The van der Waals surface area contributed by atoms with Crippen LogP contribution < -0.4 is 4.74 Å². The second-order valence-electron chi connectivity index (χ2n) is 3.32. The number of ether oxygens (including phenoxy) is 2. The molecular weight excluding hydrogens is 338 g/mol. The summed E-state index contributed by atoms with van der Waals surface area (Å²) in [5, 5.41) is 0.0720. The molecule has 0 saturated carbocycles. The zero-order chi connectivity index (χ0) is 14.6. The molecule has 0 aliphatic heterocycles. The van der Waals surface area contributed by atoms with Gasteiger partial charge in [0.2, 0.25) is 0 Å². The van der Waals surface area contributed by atoms with Gasteiger partial charge in [-0.1, -0.05) is 15.9 Å². The van der Waals surface area contributed by atoms with Gasteiger partial charge in [0.25, 0.3) is 5.95 Å². The molecule has 0 spiro atoms. The fraction of sp³-hybridized carbons (Fsp3) is 0.400. The first-order chi connectivity index (χ1) is 8.76. The van der Waals surface area contributed by atoms with Crippen LogP contribution in [0.15, 0.2) is 6.07 Å². The molecule has 0 unspecified atom stereocenters. The highest BCUT2D eigenvalue weighted by molar-refractivity contribution is 9.08. The standard InChI is InChI=1S/C10H8BrF4NO3/c1-18-8(17)3-5-2-7(19-10(13,14)15)9(12)16-6(5)4-11/h2H,3-4H2,1H3. The summed E-state index contributed by atoms with van der Waals surface area (Å²) >= 11 is 3.00. The quantitative estimate of drug-likeness (QED) is 0.364. The fourth-order valence-corrected chi connectivity index (χ4v) is 1.72. The number of hydrogen-bond donors (Lipinski definition) is 0. The number of esters is 1. The van der Waals surface area contributed by atoms with E-state index >= 15 is 0 Å². The van der Waals surface area contributed by atoms with Crippen LogP contribution in [0.5, 0.6) is 5.75 Å². The van der Waals surface area contributed by atoms with Gasteiger partial charge in [0.15, 0.2) is 5.75 Å². The number of halogens is 5. The average Bonchev–Trinajstić information content (AvgIpc) is 2.31. The summed E-state index contributed by atoms with van der Waals surface area (Å²) in [6, 6.07) is 0.781. The molecule has 0 bridgehead atoms. The molecule has 106 valence electrons. The monoisotopic (exact) mass is 345 g/mol. The molecule has 0 N–H and O–H groups in total. The first kappa shape index (κ1) is 15.7. The Morgan fingerprint density at radius 3 is 2.58 bits per heavy atom. The van der Waals surface area contributed by atoms with Gasteiger partial charge in [-0.05, 0) is 11.6 Å². The van der Waals surface area contributed by atoms with Crippen molar-refractivity contribution >= 4 is 21.9 Å².